The largest absolute Gasteiger partial charge is 0.393 e. The summed E-state index contributed by atoms with van der Waals surface area (Å²) in [5.41, 5.74) is 6.96. The maximum Gasteiger partial charge on any atom is 0.167 e. The fourth-order valence-electron chi connectivity index (χ4n) is 6.30. The fraction of sp³-hybridized carbons (Fsp3) is 0.308. The predicted molar refractivity (Wildman–Crippen MR) is 185 cm³/mol. The van der Waals surface area contributed by atoms with Crippen LogP contribution >= 0.6 is 0 Å². The molecule has 8 heteroatoms. The molecule has 0 spiro atoms. The number of ketones is 2. The number of aliphatic hydroxyl groups excluding tert-OH is 2. The van der Waals surface area contributed by atoms with Gasteiger partial charge in [0.05, 0.1) is 23.5 Å². The number of carbonyl (C=O) groups is 2. The van der Waals surface area contributed by atoms with Gasteiger partial charge in [0.15, 0.2) is 11.6 Å². The molecule has 4 aromatic carbocycles. The van der Waals surface area contributed by atoms with Crippen LogP contribution in [0.5, 0.6) is 0 Å². The first-order valence-electron chi connectivity index (χ1n) is 16.4. The summed E-state index contributed by atoms with van der Waals surface area (Å²) in [5.74, 6) is 0.0287. The summed E-state index contributed by atoms with van der Waals surface area (Å²) >= 11 is 0. The summed E-state index contributed by atoms with van der Waals surface area (Å²) < 4.78 is 0. The highest BCUT2D eigenvalue weighted by atomic mass is 16.3. The second-order valence-corrected chi connectivity index (χ2v) is 12.5. The van der Waals surface area contributed by atoms with Gasteiger partial charge in [-0.1, -0.05) is 18.2 Å². The highest BCUT2D eigenvalue weighted by Gasteiger charge is 2.19. The van der Waals surface area contributed by atoms with Crippen molar-refractivity contribution < 1.29 is 19.8 Å². The monoisotopic (exact) mass is 628 g/mol. The van der Waals surface area contributed by atoms with Crippen LogP contribution in [0.3, 0.4) is 0 Å². The van der Waals surface area contributed by atoms with Gasteiger partial charge in [-0.2, -0.15) is 5.26 Å². The number of nitriles is 1. The molecule has 0 unspecified atom stereocenters. The smallest absolute Gasteiger partial charge is 0.167 e. The van der Waals surface area contributed by atoms with Crippen LogP contribution in [0, 0.1) is 11.3 Å². The molecule has 0 bridgehead atoms. The molecule has 0 aliphatic carbocycles. The molecule has 3 N–H and O–H groups in total. The maximum atomic E-state index is 13.0. The molecule has 0 saturated carbocycles. The Morgan fingerprint density at radius 3 is 1.57 bits per heavy atom. The number of nitrogens with zero attached hydrogens (tertiary/aromatic N) is 3. The highest BCUT2D eigenvalue weighted by Crippen LogP contribution is 2.26. The lowest BCUT2D eigenvalue weighted by molar-refractivity contribution is 0.0985. The summed E-state index contributed by atoms with van der Waals surface area (Å²) in [6.45, 7) is 3.24. The van der Waals surface area contributed by atoms with E-state index in [1.54, 1.807) is 6.07 Å². The second-order valence-electron chi connectivity index (χ2n) is 12.5. The Labute approximate surface area is 275 Å². The average molecular weight is 629 g/mol. The first-order valence-corrected chi connectivity index (χ1v) is 16.4. The molecule has 2 fully saturated rings. The van der Waals surface area contributed by atoms with Gasteiger partial charge < -0.3 is 25.3 Å². The number of rotatable bonds is 10. The molecule has 0 radical (unpaired) electrons. The Balaban J connectivity index is 1.03. The molecular formula is C39H40N4O4. The van der Waals surface area contributed by atoms with Crippen LogP contribution in [0.4, 0.5) is 22.7 Å². The number of aliphatic hydroxyl groups is 2. The maximum absolute atomic E-state index is 13.0. The lowest BCUT2D eigenvalue weighted by Crippen LogP contribution is -2.35. The van der Waals surface area contributed by atoms with Crippen LogP contribution in [-0.4, -0.2) is 60.2 Å². The topological polar surface area (TPSA) is 117 Å². The summed E-state index contributed by atoms with van der Waals surface area (Å²) in [4.78, 5) is 30.5. The second kappa shape index (κ2) is 14.6. The molecule has 47 heavy (non-hydrogen) atoms. The minimum atomic E-state index is -0.229. The molecular weight excluding hydrogens is 588 g/mol. The molecule has 6 rings (SSSR count). The quantitative estimate of drug-likeness (QED) is 0.181. The third-order valence-electron chi connectivity index (χ3n) is 9.20. The minimum absolute atomic E-state index is 0.0148. The van der Waals surface area contributed by atoms with Gasteiger partial charge in [0.25, 0.3) is 0 Å². The van der Waals surface area contributed by atoms with Crippen LogP contribution in [0.1, 0.15) is 63.1 Å². The third kappa shape index (κ3) is 8.07. The average Bonchev–Trinajstić information content (AvgIpc) is 3.10. The first-order chi connectivity index (χ1) is 22.8. The molecule has 0 aromatic heterocycles. The van der Waals surface area contributed by atoms with Gasteiger partial charge in [0, 0.05) is 67.2 Å². The lowest BCUT2D eigenvalue weighted by Gasteiger charge is -2.31. The van der Waals surface area contributed by atoms with Gasteiger partial charge in [0.1, 0.15) is 6.07 Å². The van der Waals surface area contributed by atoms with E-state index in [0.717, 1.165) is 80.1 Å². The Morgan fingerprint density at radius 1 is 0.660 bits per heavy atom. The Kier molecular flexibility index (Phi) is 9.96. The van der Waals surface area contributed by atoms with E-state index in [4.69, 9.17) is 0 Å². The van der Waals surface area contributed by atoms with E-state index in [1.165, 1.54) is 0 Å². The number of anilines is 4. The van der Waals surface area contributed by atoms with Crippen molar-refractivity contribution in [2.75, 3.05) is 41.3 Å². The Morgan fingerprint density at radius 2 is 1.11 bits per heavy atom. The minimum Gasteiger partial charge on any atom is -0.393 e. The van der Waals surface area contributed by atoms with Crippen molar-refractivity contribution in [3.8, 4) is 6.07 Å². The van der Waals surface area contributed by atoms with Crippen molar-refractivity contribution in [3.05, 3.63) is 119 Å². The fourth-order valence-corrected chi connectivity index (χ4v) is 6.30. The molecule has 8 nitrogen and oxygen atoms in total. The molecule has 2 aliphatic rings. The van der Waals surface area contributed by atoms with Crippen molar-refractivity contribution in [3.63, 3.8) is 0 Å². The molecule has 2 heterocycles. The van der Waals surface area contributed by atoms with Gasteiger partial charge in [0.2, 0.25) is 0 Å². The van der Waals surface area contributed by atoms with E-state index in [1.807, 2.05) is 84.9 Å². The number of hydrogen-bond acceptors (Lipinski definition) is 8. The molecule has 0 atom stereocenters. The number of benzene rings is 4. The Bertz CT molecular complexity index is 1730. The van der Waals surface area contributed by atoms with Crippen LogP contribution in [0.15, 0.2) is 91.0 Å². The van der Waals surface area contributed by atoms with Crippen molar-refractivity contribution >= 4 is 34.3 Å². The Hall–Kier alpha value is -4.97. The lowest BCUT2D eigenvalue weighted by atomic mass is 10.00. The van der Waals surface area contributed by atoms with E-state index in [0.29, 0.717) is 22.4 Å². The zero-order valence-corrected chi connectivity index (χ0v) is 26.4. The van der Waals surface area contributed by atoms with E-state index < -0.39 is 0 Å². The van der Waals surface area contributed by atoms with Crippen LogP contribution in [0.25, 0.3) is 0 Å². The molecule has 2 saturated heterocycles. The highest BCUT2D eigenvalue weighted by molar-refractivity contribution is 5.98. The van der Waals surface area contributed by atoms with Crippen molar-refractivity contribution in [1.29, 1.82) is 5.26 Å². The molecule has 4 aromatic rings. The van der Waals surface area contributed by atoms with Crippen LogP contribution < -0.4 is 15.1 Å². The SMILES string of the molecule is N#Cc1cc(CC(=O)c2ccc(N3CCC(O)CC3)cc2)ccc1Nc1ccc(CC(=O)c2ccc(N3CCC(O)CC3)cc2)cc1. The van der Waals surface area contributed by atoms with Gasteiger partial charge in [-0.15, -0.1) is 0 Å². The zero-order valence-electron chi connectivity index (χ0n) is 26.4. The molecule has 240 valence electrons. The zero-order chi connectivity index (χ0) is 32.8. The summed E-state index contributed by atoms with van der Waals surface area (Å²) in [5, 5.41) is 32.7. The van der Waals surface area contributed by atoms with Crippen molar-refractivity contribution in [2.45, 2.75) is 50.7 Å². The van der Waals surface area contributed by atoms with E-state index in [9.17, 15) is 25.1 Å². The van der Waals surface area contributed by atoms with Gasteiger partial charge >= 0.3 is 0 Å². The van der Waals surface area contributed by atoms with Gasteiger partial charge in [-0.25, -0.2) is 0 Å². The third-order valence-corrected chi connectivity index (χ3v) is 9.20. The predicted octanol–water partition coefficient (Wildman–Crippen LogP) is 6.07. The molecule has 2 aliphatic heterocycles. The summed E-state index contributed by atoms with van der Waals surface area (Å²) in [7, 11) is 0. The number of carbonyl (C=O) groups excluding carboxylic acids is 2. The van der Waals surface area contributed by atoms with Crippen LogP contribution in [0.2, 0.25) is 0 Å². The molecule has 0 amide bonds. The summed E-state index contributed by atoms with van der Waals surface area (Å²) in [6, 6.07) is 30.6. The van der Waals surface area contributed by atoms with E-state index >= 15 is 0 Å². The first kappa shape index (κ1) is 32.0. The standard InChI is InChI=1S/C39H40N4O4/c40-26-31-23-28(25-39(47)30-6-12-34(13-7-30)43-21-17-36(45)18-22-43)3-14-37(31)41-32-8-1-27(2-9-32)24-38(46)29-4-10-33(11-5-29)42-19-15-35(44)16-20-42/h1-14,23,35-36,41,44-45H,15-22,24-25H2. The number of nitrogens with one attached hydrogen (secondary N) is 1. The number of piperidine rings is 2. The normalized spacial score (nSPS) is 15.7. The van der Waals surface area contributed by atoms with E-state index in [2.05, 4.69) is 21.2 Å². The van der Waals surface area contributed by atoms with Crippen molar-refractivity contribution in [2.24, 2.45) is 0 Å². The van der Waals surface area contributed by atoms with Crippen molar-refractivity contribution in [1.82, 2.24) is 0 Å². The number of Topliss-reactive ketones (excluding diaryl/α,β-unsaturated/α-hetero) is 2. The van der Waals surface area contributed by atoms with Gasteiger partial charge in [-0.3, -0.25) is 9.59 Å². The number of hydrogen-bond donors (Lipinski definition) is 3. The van der Waals surface area contributed by atoms with Gasteiger partial charge in [-0.05, 0) is 110 Å². The van der Waals surface area contributed by atoms with E-state index in [-0.39, 0.29) is 36.6 Å². The van der Waals surface area contributed by atoms with Crippen LogP contribution in [-0.2, 0) is 12.8 Å². The summed E-state index contributed by atoms with van der Waals surface area (Å²) in [6.07, 6.45) is 3.06.